The summed E-state index contributed by atoms with van der Waals surface area (Å²) in [7, 11) is -3.65. The van der Waals surface area contributed by atoms with Gasteiger partial charge < -0.3 is 5.11 Å². The first-order valence-electron chi connectivity index (χ1n) is 5.34. The SMILES string of the molecule is CS(=O)(=O)[C@@H]1[C@H](c2cccc(Cl)c2)[C@@]1(C#N)C(=O)O. The van der Waals surface area contributed by atoms with E-state index in [4.69, 9.17) is 16.9 Å². The Balaban J connectivity index is 2.58. The molecular weight excluding hydrogens is 290 g/mol. The van der Waals surface area contributed by atoms with E-state index in [-0.39, 0.29) is 0 Å². The monoisotopic (exact) mass is 299 g/mol. The van der Waals surface area contributed by atoms with Crippen molar-refractivity contribution in [1.82, 2.24) is 0 Å². The Hall–Kier alpha value is -1.58. The molecule has 7 heteroatoms. The van der Waals surface area contributed by atoms with Crippen molar-refractivity contribution in [2.24, 2.45) is 5.41 Å². The topological polar surface area (TPSA) is 95.2 Å². The van der Waals surface area contributed by atoms with Crippen LogP contribution in [0.3, 0.4) is 0 Å². The normalized spacial score (nSPS) is 29.5. The lowest BCUT2D eigenvalue weighted by atomic mass is 10.0. The Kier molecular flexibility index (Phi) is 3.07. The van der Waals surface area contributed by atoms with E-state index >= 15 is 0 Å². The van der Waals surface area contributed by atoms with Crippen LogP contribution in [0.4, 0.5) is 0 Å². The summed E-state index contributed by atoms with van der Waals surface area (Å²) in [5, 5.41) is 17.5. The zero-order valence-corrected chi connectivity index (χ0v) is 11.4. The number of carboxylic acid groups (broad SMARTS) is 1. The molecular formula is C12H10ClNO4S. The zero-order valence-electron chi connectivity index (χ0n) is 9.87. The van der Waals surface area contributed by atoms with E-state index in [2.05, 4.69) is 0 Å². The van der Waals surface area contributed by atoms with E-state index < -0.39 is 32.4 Å². The molecule has 0 aliphatic heterocycles. The molecule has 3 atom stereocenters. The van der Waals surface area contributed by atoms with Crippen LogP contribution in [0.2, 0.25) is 5.02 Å². The molecule has 0 spiro atoms. The molecule has 0 unspecified atom stereocenters. The summed E-state index contributed by atoms with van der Waals surface area (Å²) in [6.07, 6.45) is 0.942. The summed E-state index contributed by atoms with van der Waals surface area (Å²) in [6, 6.07) is 7.92. The van der Waals surface area contributed by atoms with Gasteiger partial charge in [-0.1, -0.05) is 23.7 Å². The van der Waals surface area contributed by atoms with Gasteiger partial charge in [0.2, 0.25) is 0 Å². The van der Waals surface area contributed by atoms with Crippen LogP contribution in [0.5, 0.6) is 0 Å². The summed E-state index contributed by atoms with van der Waals surface area (Å²) in [6.45, 7) is 0. The molecule has 2 rings (SSSR count). The summed E-state index contributed by atoms with van der Waals surface area (Å²) in [5.41, 5.74) is -1.47. The summed E-state index contributed by atoms with van der Waals surface area (Å²) >= 11 is 5.81. The van der Waals surface area contributed by atoms with Crippen LogP contribution in [0.15, 0.2) is 24.3 Å². The van der Waals surface area contributed by atoms with Gasteiger partial charge in [0.1, 0.15) is 5.25 Å². The number of halogens is 1. The van der Waals surface area contributed by atoms with Gasteiger partial charge in [0.25, 0.3) is 0 Å². The van der Waals surface area contributed by atoms with Gasteiger partial charge in [0.15, 0.2) is 15.3 Å². The molecule has 5 nitrogen and oxygen atoms in total. The fourth-order valence-electron chi connectivity index (χ4n) is 2.51. The zero-order chi connectivity index (χ0) is 14.4. The molecule has 0 bridgehead atoms. The molecule has 1 aliphatic carbocycles. The lowest BCUT2D eigenvalue weighted by Crippen LogP contribution is -2.21. The molecule has 0 amide bonds. The average Bonchev–Trinajstić information content (AvgIpc) is 2.99. The van der Waals surface area contributed by atoms with Crippen LogP contribution in [-0.2, 0) is 14.6 Å². The maximum atomic E-state index is 11.7. The number of sulfone groups is 1. The van der Waals surface area contributed by atoms with Gasteiger partial charge in [-0.25, -0.2) is 8.42 Å². The van der Waals surface area contributed by atoms with E-state index in [1.807, 2.05) is 0 Å². The van der Waals surface area contributed by atoms with Crippen LogP contribution in [0.1, 0.15) is 11.5 Å². The third-order valence-corrected chi connectivity index (χ3v) is 5.14. The Bertz CT molecular complexity index is 694. The first-order chi connectivity index (χ1) is 8.75. The Labute approximate surface area is 115 Å². The van der Waals surface area contributed by atoms with Gasteiger partial charge in [-0.2, -0.15) is 5.26 Å². The van der Waals surface area contributed by atoms with Gasteiger partial charge in [0, 0.05) is 17.2 Å². The van der Waals surface area contributed by atoms with Crippen molar-refractivity contribution in [3.63, 3.8) is 0 Å². The maximum absolute atomic E-state index is 11.7. The van der Waals surface area contributed by atoms with Crippen molar-refractivity contribution >= 4 is 27.4 Å². The molecule has 1 aromatic carbocycles. The van der Waals surface area contributed by atoms with E-state index in [0.717, 1.165) is 6.26 Å². The summed E-state index contributed by atoms with van der Waals surface area (Å²) in [5.74, 6) is -2.31. The molecule has 0 saturated heterocycles. The van der Waals surface area contributed by atoms with Crippen LogP contribution >= 0.6 is 11.6 Å². The summed E-state index contributed by atoms with van der Waals surface area (Å²) < 4.78 is 23.4. The van der Waals surface area contributed by atoms with E-state index in [1.165, 1.54) is 6.07 Å². The lowest BCUT2D eigenvalue weighted by Gasteiger charge is -2.02. The highest BCUT2D eigenvalue weighted by atomic mass is 35.5. The molecule has 0 heterocycles. The second kappa shape index (κ2) is 4.22. The fraction of sp³-hybridized carbons (Fsp3) is 0.333. The van der Waals surface area contributed by atoms with E-state index in [9.17, 15) is 18.3 Å². The van der Waals surface area contributed by atoms with Crippen molar-refractivity contribution in [3.8, 4) is 6.07 Å². The predicted octanol–water partition coefficient (Wildman–Crippen LogP) is 1.44. The first-order valence-corrected chi connectivity index (χ1v) is 7.67. The van der Waals surface area contributed by atoms with Crippen LogP contribution < -0.4 is 0 Å². The molecule has 19 heavy (non-hydrogen) atoms. The number of benzene rings is 1. The van der Waals surface area contributed by atoms with Crippen molar-refractivity contribution < 1.29 is 18.3 Å². The molecule has 1 aliphatic rings. The van der Waals surface area contributed by atoms with E-state index in [1.54, 1.807) is 24.3 Å². The smallest absolute Gasteiger partial charge is 0.326 e. The average molecular weight is 300 g/mol. The quantitative estimate of drug-likeness (QED) is 0.911. The van der Waals surface area contributed by atoms with Gasteiger partial charge >= 0.3 is 5.97 Å². The lowest BCUT2D eigenvalue weighted by molar-refractivity contribution is -0.141. The second-order valence-electron chi connectivity index (χ2n) is 4.57. The van der Waals surface area contributed by atoms with Crippen molar-refractivity contribution in [2.75, 3.05) is 6.26 Å². The van der Waals surface area contributed by atoms with Crippen molar-refractivity contribution in [2.45, 2.75) is 11.2 Å². The highest BCUT2D eigenvalue weighted by molar-refractivity contribution is 7.91. The third-order valence-electron chi connectivity index (χ3n) is 3.34. The number of nitrogens with zero attached hydrogens (tertiary/aromatic N) is 1. The molecule has 0 aromatic heterocycles. The Morgan fingerprint density at radius 3 is 2.53 bits per heavy atom. The number of hydrogen-bond donors (Lipinski definition) is 1. The van der Waals surface area contributed by atoms with Gasteiger partial charge in [0.05, 0.1) is 6.07 Å². The first kappa shape index (κ1) is 13.8. The number of aliphatic carboxylic acids is 1. The van der Waals surface area contributed by atoms with Crippen LogP contribution in [0.25, 0.3) is 0 Å². The molecule has 100 valence electrons. The number of hydrogen-bond acceptors (Lipinski definition) is 4. The van der Waals surface area contributed by atoms with E-state index in [0.29, 0.717) is 10.6 Å². The third kappa shape index (κ3) is 1.99. The fourth-order valence-corrected chi connectivity index (χ4v) is 4.48. The number of nitriles is 1. The highest BCUT2D eigenvalue weighted by Gasteiger charge is 2.76. The minimum atomic E-state index is -3.65. The maximum Gasteiger partial charge on any atom is 0.326 e. The number of carbonyl (C=O) groups is 1. The molecule has 1 saturated carbocycles. The number of rotatable bonds is 3. The van der Waals surface area contributed by atoms with Crippen molar-refractivity contribution in [3.05, 3.63) is 34.9 Å². The van der Waals surface area contributed by atoms with Gasteiger partial charge in [-0.3, -0.25) is 4.79 Å². The molecule has 1 aromatic rings. The van der Waals surface area contributed by atoms with Gasteiger partial charge in [-0.05, 0) is 17.7 Å². The number of carboxylic acids is 1. The second-order valence-corrected chi connectivity index (χ2v) is 7.17. The van der Waals surface area contributed by atoms with Crippen LogP contribution in [-0.4, -0.2) is 31.0 Å². The Morgan fingerprint density at radius 2 is 2.16 bits per heavy atom. The molecule has 1 N–H and O–H groups in total. The Morgan fingerprint density at radius 1 is 1.53 bits per heavy atom. The largest absolute Gasteiger partial charge is 0.480 e. The predicted molar refractivity (Wildman–Crippen MR) is 68.5 cm³/mol. The summed E-state index contributed by atoms with van der Waals surface area (Å²) in [4.78, 5) is 11.3. The molecule has 0 radical (unpaired) electrons. The standard InChI is InChI=1S/C12H10ClNO4S/c1-19(17,18)10-9(12(10,6-14)11(15)16)7-3-2-4-8(13)5-7/h2-5,9-10H,1H3,(H,15,16)/t9-,10+,12+/m0/s1. The van der Waals surface area contributed by atoms with Gasteiger partial charge in [-0.15, -0.1) is 0 Å². The molecule has 1 fully saturated rings. The minimum Gasteiger partial charge on any atom is -0.480 e. The minimum absolute atomic E-state index is 0.369. The van der Waals surface area contributed by atoms with Crippen LogP contribution in [0, 0.1) is 16.7 Å². The van der Waals surface area contributed by atoms with Crippen molar-refractivity contribution in [1.29, 1.82) is 5.26 Å². The highest BCUT2D eigenvalue weighted by Crippen LogP contribution is 2.62.